The topological polar surface area (TPSA) is 39.1 Å². The number of rotatable bonds is 8. The van der Waals surface area contributed by atoms with Gasteiger partial charge in [0.2, 0.25) is 0 Å². The molecule has 0 aliphatic heterocycles. The number of unbranched alkanes of at least 4 members (excludes halogenated alkanes) is 5. The fourth-order valence-electron chi connectivity index (χ4n) is 2.65. The lowest BCUT2D eigenvalue weighted by atomic mass is 10.1. The molecule has 0 N–H and O–H groups in total. The molecule has 0 saturated carbocycles. The fourth-order valence-corrected chi connectivity index (χ4v) is 3.71. The van der Waals surface area contributed by atoms with Crippen molar-refractivity contribution in [3.05, 3.63) is 30.5 Å². The summed E-state index contributed by atoms with van der Waals surface area (Å²) in [6.07, 6.45) is 8.97. The van der Waals surface area contributed by atoms with E-state index in [0.717, 1.165) is 18.5 Å². The first-order chi connectivity index (χ1) is 10.0. The Morgan fingerprint density at radius 3 is 2.43 bits per heavy atom. The van der Waals surface area contributed by atoms with Crippen molar-refractivity contribution < 1.29 is 8.42 Å². The van der Waals surface area contributed by atoms with Gasteiger partial charge in [-0.1, -0.05) is 57.2 Å². The van der Waals surface area contributed by atoms with Crippen molar-refractivity contribution >= 4 is 30.6 Å². The van der Waals surface area contributed by atoms with Crippen molar-refractivity contribution in [3.8, 4) is 0 Å². The van der Waals surface area contributed by atoms with E-state index in [1.807, 2.05) is 28.8 Å². The molecule has 5 heteroatoms. The zero-order chi connectivity index (χ0) is 15.3. The molecule has 0 radical (unpaired) electrons. The maximum Gasteiger partial charge on any atom is 0.263 e. The number of para-hydroxylation sites is 1. The number of hydrogen-bond acceptors (Lipinski definition) is 2. The molecule has 0 unspecified atom stereocenters. The molecule has 0 atom stereocenters. The highest BCUT2D eigenvalue weighted by Crippen LogP contribution is 2.28. The molecule has 21 heavy (non-hydrogen) atoms. The van der Waals surface area contributed by atoms with Crippen LogP contribution in [0, 0.1) is 0 Å². The van der Waals surface area contributed by atoms with Crippen molar-refractivity contribution in [2.45, 2.75) is 56.9 Å². The van der Waals surface area contributed by atoms with Gasteiger partial charge in [0.05, 0.1) is 0 Å². The van der Waals surface area contributed by atoms with E-state index in [4.69, 9.17) is 10.7 Å². The highest BCUT2D eigenvalue weighted by molar-refractivity contribution is 8.14. The van der Waals surface area contributed by atoms with E-state index in [9.17, 15) is 8.42 Å². The van der Waals surface area contributed by atoms with Crippen LogP contribution in [-0.4, -0.2) is 13.0 Å². The number of fused-ring (bicyclic) bond motifs is 1. The fraction of sp³-hybridized carbons (Fsp3) is 0.500. The normalized spacial score (nSPS) is 12.1. The predicted molar refractivity (Wildman–Crippen MR) is 88.4 cm³/mol. The summed E-state index contributed by atoms with van der Waals surface area (Å²) in [4.78, 5) is 0.214. The molecule has 0 bridgehead atoms. The molecule has 1 aromatic carbocycles. The standard InChI is InChI=1S/C16H22ClNO2S/c1-2-3-4-5-6-9-12-18-13-16(21(17,19)20)14-10-7-8-11-15(14)18/h7-8,10-11,13H,2-6,9,12H2,1H3. The van der Waals surface area contributed by atoms with Crippen molar-refractivity contribution in [1.29, 1.82) is 0 Å². The molecule has 116 valence electrons. The van der Waals surface area contributed by atoms with Crippen LogP contribution in [0.15, 0.2) is 35.4 Å². The second-order valence-corrected chi connectivity index (χ2v) is 7.94. The molecule has 1 aromatic heterocycles. The predicted octanol–water partition coefficient (Wildman–Crippen LogP) is 4.93. The summed E-state index contributed by atoms with van der Waals surface area (Å²) < 4.78 is 25.3. The van der Waals surface area contributed by atoms with Crippen LogP contribution < -0.4 is 0 Å². The third kappa shape index (κ3) is 4.24. The molecule has 0 fully saturated rings. The van der Waals surface area contributed by atoms with Gasteiger partial charge in [0, 0.05) is 34.3 Å². The first kappa shape index (κ1) is 16.4. The maximum absolute atomic E-state index is 11.7. The molecule has 3 nitrogen and oxygen atoms in total. The third-order valence-electron chi connectivity index (χ3n) is 3.77. The zero-order valence-corrected chi connectivity index (χ0v) is 14.0. The molecule has 0 amide bonds. The Hall–Kier alpha value is -1.00. The van der Waals surface area contributed by atoms with E-state index in [1.165, 1.54) is 32.1 Å². The molecule has 0 spiro atoms. The van der Waals surface area contributed by atoms with Crippen LogP contribution in [0.25, 0.3) is 10.9 Å². The quantitative estimate of drug-likeness (QED) is 0.509. The average molecular weight is 328 g/mol. The summed E-state index contributed by atoms with van der Waals surface area (Å²) >= 11 is 0. The summed E-state index contributed by atoms with van der Waals surface area (Å²) in [5, 5.41) is 0.707. The first-order valence-corrected chi connectivity index (χ1v) is 9.87. The lowest BCUT2D eigenvalue weighted by Crippen LogP contribution is -1.96. The number of aryl methyl sites for hydroxylation is 1. The highest BCUT2D eigenvalue weighted by atomic mass is 35.7. The summed E-state index contributed by atoms with van der Waals surface area (Å²) in [6.45, 7) is 3.04. The molecule has 2 aromatic rings. The Bertz CT molecular complexity index is 691. The van der Waals surface area contributed by atoms with Gasteiger partial charge in [-0.25, -0.2) is 8.42 Å². The molecular weight excluding hydrogens is 306 g/mol. The van der Waals surface area contributed by atoms with Crippen molar-refractivity contribution in [2.24, 2.45) is 0 Å². The van der Waals surface area contributed by atoms with E-state index in [1.54, 1.807) is 6.20 Å². The van der Waals surface area contributed by atoms with Gasteiger partial charge in [-0.05, 0) is 12.5 Å². The minimum Gasteiger partial charge on any atom is -0.346 e. The van der Waals surface area contributed by atoms with Crippen molar-refractivity contribution in [3.63, 3.8) is 0 Å². The van der Waals surface area contributed by atoms with E-state index in [0.29, 0.717) is 5.39 Å². The van der Waals surface area contributed by atoms with Crippen LogP contribution in [0.1, 0.15) is 45.4 Å². The van der Waals surface area contributed by atoms with E-state index in [2.05, 4.69) is 6.92 Å². The molecule has 0 aliphatic carbocycles. The molecule has 1 heterocycles. The number of halogens is 1. The summed E-state index contributed by atoms with van der Waals surface area (Å²) in [7, 11) is 1.83. The molecule has 0 saturated heterocycles. The Morgan fingerprint density at radius 2 is 1.71 bits per heavy atom. The van der Waals surface area contributed by atoms with Gasteiger partial charge in [-0.15, -0.1) is 0 Å². The van der Waals surface area contributed by atoms with Crippen LogP contribution in [0.4, 0.5) is 0 Å². The van der Waals surface area contributed by atoms with Crippen molar-refractivity contribution in [1.82, 2.24) is 4.57 Å². The Morgan fingerprint density at radius 1 is 1.05 bits per heavy atom. The van der Waals surface area contributed by atoms with E-state index < -0.39 is 9.05 Å². The third-order valence-corrected chi connectivity index (χ3v) is 5.12. The average Bonchev–Trinajstić information content (AvgIpc) is 2.82. The lowest BCUT2D eigenvalue weighted by Gasteiger charge is -2.05. The van der Waals surface area contributed by atoms with Gasteiger partial charge in [-0.2, -0.15) is 0 Å². The van der Waals surface area contributed by atoms with Gasteiger partial charge >= 0.3 is 0 Å². The van der Waals surface area contributed by atoms with Crippen LogP contribution in [0.2, 0.25) is 0 Å². The van der Waals surface area contributed by atoms with Crippen LogP contribution in [0.3, 0.4) is 0 Å². The van der Waals surface area contributed by atoms with Gasteiger partial charge in [0.1, 0.15) is 4.90 Å². The summed E-state index contributed by atoms with van der Waals surface area (Å²) in [6, 6.07) is 7.51. The van der Waals surface area contributed by atoms with Gasteiger partial charge in [0.25, 0.3) is 9.05 Å². The number of nitrogens with zero attached hydrogens (tertiary/aromatic N) is 1. The monoisotopic (exact) mass is 327 g/mol. The number of benzene rings is 1. The van der Waals surface area contributed by atoms with Gasteiger partial charge < -0.3 is 4.57 Å². The van der Waals surface area contributed by atoms with E-state index in [-0.39, 0.29) is 4.90 Å². The minimum absolute atomic E-state index is 0.214. The maximum atomic E-state index is 11.7. The van der Waals surface area contributed by atoms with Gasteiger partial charge in [-0.3, -0.25) is 0 Å². The summed E-state index contributed by atoms with van der Waals surface area (Å²) in [5.41, 5.74) is 0.935. The Labute approximate surface area is 131 Å². The smallest absolute Gasteiger partial charge is 0.263 e. The largest absolute Gasteiger partial charge is 0.346 e. The van der Waals surface area contributed by atoms with Crippen LogP contribution >= 0.6 is 10.7 Å². The Balaban J connectivity index is 2.10. The molecule has 2 rings (SSSR count). The number of aromatic nitrogens is 1. The zero-order valence-electron chi connectivity index (χ0n) is 12.4. The van der Waals surface area contributed by atoms with Crippen LogP contribution in [-0.2, 0) is 15.6 Å². The SMILES string of the molecule is CCCCCCCCn1cc(S(=O)(=O)Cl)c2ccccc21. The van der Waals surface area contributed by atoms with Crippen molar-refractivity contribution in [2.75, 3.05) is 0 Å². The lowest BCUT2D eigenvalue weighted by molar-refractivity contribution is 0.564. The van der Waals surface area contributed by atoms with Gasteiger partial charge in [0.15, 0.2) is 0 Å². The molecular formula is C16H22ClNO2S. The summed E-state index contributed by atoms with van der Waals surface area (Å²) in [5.74, 6) is 0. The second-order valence-electron chi connectivity index (χ2n) is 5.41. The highest BCUT2D eigenvalue weighted by Gasteiger charge is 2.18. The number of hydrogen-bond donors (Lipinski definition) is 0. The van der Waals surface area contributed by atoms with Crippen LogP contribution in [0.5, 0.6) is 0 Å². The molecule has 0 aliphatic rings. The Kier molecular flexibility index (Phi) is 5.71. The second kappa shape index (κ2) is 7.32. The first-order valence-electron chi connectivity index (χ1n) is 7.56. The van der Waals surface area contributed by atoms with E-state index >= 15 is 0 Å². The minimum atomic E-state index is -3.70.